The number of halogens is 1. The molecule has 1 aromatic rings. The molecule has 1 aromatic carbocycles. The zero-order chi connectivity index (χ0) is 12.1. The number of nitrogens with one attached hydrogen (secondary N) is 1. The van der Waals surface area contributed by atoms with E-state index in [1.54, 1.807) is 24.3 Å². The van der Waals surface area contributed by atoms with Gasteiger partial charge in [0.15, 0.2) is 0 Å². The third-order valence-electron chi connectivity index (χ3n) is 2.17. The summed E-state index contributed by atoms with van der Waals surface area (Å²) in [7, 11) is 0. The molecular weight excluding hydrogens is 224 g/mol. The van der Waals surface area contributed by atoms with Gasteiger partial charge in [0.25, 0.3) is 0 Å². The quantitative estimate of drug-likeness (QED) is 0.850. The summed E-state index contributed by atoms with van der Waals surface area (Å²) in [4.78, 5) is 11.7. The third kappa shape index (κ3) is 4.21. The van der Waals surface area contributed by atoms with E-state index in [2.05, 4.69) is 5.32 Å². The lowest BCUT2D eigenvalue weighted by Gasteiger charge is -2.14. The number of anilines is 1. The minimum atomic E-state index is -0.462. The Balaban J connectivity index is 2.54. The van der Waals surface area contributed by atoms with E-state index in [4.69, 9.17) is 17.3 Å². The number of hydrogen-bond donors (Lipinski definition) is 2. The lowest BCUT2D eigenvalue weighted by Crippen LogP contribution is -2.36. The van der Waals surface area contributed by atoms with Crippen LogP contribution in [-0.4, -0.2) is 11.9 Å². The molecule has 0 aliphatic carbocycles. The molecule has 0 saturated heterocycles. The van der Waals surface area contributed by atoms with Crippen molar-refractivity contribution in [2.24, 2.45) is 11.7 Å². The van der Waals surface area contributed by atoms with Crippen molar-refractivity contribution >= 4 is 23.2 Å². The molecule has 1 amide bonds. The molecule has 0 saturated carbocycles. The SMILES string of the molecule is CC(C)C[C@H](N)C(=O)Nc1ccc(Cl)cc1. The van der Waals surface area contributed by atoms with E-state index in [0.717, 1.165) is 0 Å². The summed E-state index contributed by atoms with van der Waals surface area (Å²) in [5.74, 6) is 0.252. The van der Waals surface area contributed by atoms with Crippen LogP contribution in [0.2, 0.25) is 5.02 Å². The zero-order valence-corrected chi connectivity index (χ0v) is 10.3. The monoisotopic (exact) mass is 240 g/mol. The third-order valence-corrected chi connectivity index (χ3v) is 2.43. The number of rotatable bonds is 4. The van der Waals surface area contributed by atoms with Crippen LogP contribution in [0.4, 0.5) is 5.69 Å². The first-order valence-electron chi connectivity index (χ1n) is 5.31. The summed E-state index contributed by atoms with van der Waals surface area (Å²) < 4.78 is 0. The molecule has 1 atom stereocenters. The van der Waals surface area contributed by atoms with E-state index in [-0.39, 0.29) is 5.91 Å². The Labute approximate surface area is 101 Å². The second kappa shape index (κ2) is 5.87. The molecular formula is C12H17ClN2O. The second-order valence-corrected chi connectivity index (χ2v) is 4.67. The van der Waals surface area contributed by atoms with Gasteiger partial charge in [0, 0.05) is 10.7 Å². The van der Waals surface area contributed by atoms with Gasteiger partial charge in [-0.25, -0.2) is 0 Å². The van der Waals surface area contributed by atoms with Gasteiger partial charge < -0.3 is 11.1 Å². The maximum absolute atomic E-state index is 11.7. The molecule has 0 aliphatic heterocycles. The Morgan fingerprint density at radius 1 is 1.38 bits per heavy atom. The fourth-order valence-corrected chi connectivity index (χ4v) is 1.51. The minimum absolute atomic E-state index is 0.156. The molecule has 3 N–H and O–H groups in total. The van der Waals surface area contributed by atoms with Crippen LogP contribution in [0.15, 0.2) is 24.3 Å². The average Bonchev–Trinajstić information content (AvgIpc) is 2.20. The van der Waals surface area contributed by atoms with Gasteiger partial charge in [-0.15, -0.1) is 0 Å². The molecule has 0 spiro atoms. The maximum Gasteiger partial charge on any atom is 0.241 e. The Morgan fingerprint density at radius 3 is 2.44 bits per heavy atom. The first-order chi connectivity index (χ1) is 7.49. The Kier molecular flexibility index (Phi) is 4.77. The van der Waals surface area contributed by atoms with Crippen molar-refractivity contribution in [1.82, 2.24) is 0 Å². The number of benzene rings is 1. The highest BCUT2D eigenvalue weighted by molar-refractivity contribution is 6.30. The van der Waals surface area contributed by atoms with E-state index < -0.39 is 6.04 Å². The number of amides is 1. The highest BCUT2D eigenvalue weighted by Crippen LogP contribution is 2.14. The topological polar surface area (TPSA) is 55.1 Å². The average molecular weight is 241 g/mol. The van der Waals surface area contributed by atoms with Gasteiger partial charge in [0.2, 0.25) is 5.91 Å². The summed E-state index contributed by atoms with van der Waals surface area (Å²) in [6, 6.07) is 6.50. The summed E-state index contributed by atoms with van der Waals surface area (Å²) in [5.41, 5.74) is 6.47. The van der Waals surface area contributed by atoms with E-state index >= 15 is 0 Å². The first kappa shape index (κ1) is 13.0. The van der Waals surface area contributed by atoms with E-state index in [1.165, 1.54) is 0 Å². The van der Waals surface area contributed by atoms with Gasteiger partial charge >= 0.3 is 0 Å². The van der Waals surface area contributed by atoms with Crippen molar-refractivity contribution in [2.75, 3.05) is 5.32 Å². The van der Waals surface area contributed by atoms with Crippen molar-refractivity contribution in [3.8, 4) is 0 Å². The van der Waals surface area contributed by atoms with Crippen molar-refractivity contribution in [1.29, 1.82) is 0 Å². The van der Waals surface area contributed by atoms with Crippen LogP contribution >= 0.6 is 11.6 Å². The van der Waals surface area contributed by atoms with Gasteiger partial charge in [-0.3, -0.25) is 4.79 Å². The molecule has 0 radical (unpaired) electrons. The van der Waals surface area contributed by atoms with Gasteiger partial charge in [-0.2, -0.15) is 0 Å². The van der Waals surface area contributed by atoms with E-state index in [9.17, 15) is 4.79 Å². The fraction of sp³-hybridized carbons (Fsp3) is 0.417. The molecule has 0 aliphatic rings. The highest BCUT2D eigenvalue weighted by Gasteiger charge is 2.14. The predicted octanol–water partition coefficient (Wildman–Crippen LogP) is 2.65. The zero-order valence-electron chi connectivity index (χ0n) is 9.53. The maximum atomic E-state index is 11.7. The van der Waals surface area contributed by atoms with Crippen LogP contribution in [0.3, 0.4) is 0 Å². The lowest BCUT2D eigenvalue weighted by atomic mass is 10.0. The van der Waals surface area contributed by atoms with Crippen molar-refractivity contribution in [2.45, 2.75) is 26.3 Å². The van der Waals surface area contributed by atoms with Crippen LogP contribution in [0.1, 0.15) is 20.3 Å². The first-order valence-corrected chi connectivity index (χ1v) is 5.69. The summed E-state index contributed by atoms with van der Waals surface area (Å²) in [6.07, 6.45) is 0.680. The standard InChI is InChI=1S/C12H17ClN2O/c1-8(2)7-11(14)12(16)15-10-5-3-9(13)4-6-10/h3-6,8,11H,7,14H2,1-2H3,(H,15,16)/t11-/m0/s1. The number of carbonyl (C=O) groups is 1. The van der Waals surface area contributed by atoms with Gasteiger partial charge in [0.05, 0.1) is 6.04 Å². The van der Waals surface area contributed by atoms with Crippen molar-refractivity contribution in [3.05, 3.63) is 29.3 Å². The normalized spacial score (nSPS) is 12.6. The molecule has 0 aromatic heterocycles. The van der Waals surface area contributed by atoms with Gasteiger partial charge in [-0.05, 0) is 36.6 Å². The molecule has 0 unspecified atom stereocenters. The van der Waals surface area contributed by atoms with Crippen LogP contribution in [0, 0.1) is 5.92 Å². The summed E-state index contributed by atoms with van der Waals surface area (Å²) in [5, 5.41) is 3.39. The molecule has 0 heterocycles. The van der Waals surface area contributed by atoms with Crippen molar-refractivity contribution in [3.63, 3.8) is 0 Å². The molecule has 1 rings (SSSR count). The fourth-order valence-electron chi connectivity index (χ4n) is 1.38. The molecule has 88 valence electrons. The van der Waals surface area contributed by atoms with Crippen LogP contribution in [-0.2, 0) is 4.79 Å². The van der Waals surface area contributed by atoms with Crippen LogP contribution in [0.25, 0.3) is 0 Å². The van der Waals surface area contributed by atoms with E-state index in [1.807, 2.05) is 13.8 Å². The molecule has 16 heavy (non-hydrogen) atoms. The number of nitrogens with two attached hydrogens (primary N) is 1. The van der Waals surface area contributed by atoms with E-state index in [0.29, 0.717) is 23.0 Å². The predicted molar refractivity (Wildman–Crippen MR) is 67.5 cm³/mol. The summed E-state index contributed by atoms with van der Waals surface area (Å²) >= 11 is 5.74. The Morgan fingerprint density at radius 2 is 1.94 bits per heavy atom. The number of hydrogen-bond acceptors (Lipinski definition) is 2. The molecule has 0 fully saturated rings. The Bertz CT molecular complexity index is 349. The minimum Gasteiger partial charge on any atom is -0.325 e. The second-order valence-electron chi connectivity index (χ2n) is 4.23. The smallest absolute Gasteiger partial charge is 0.241 e. The van der Waals surface area contributed by atoms with Crippen LogP contribution < -0.4 is 11.1 Å². The molecule has 0 bridgehead atoms. The van der Waals surface area contributed by atoms with Crippen LogP contribution in [0.5, 0.6) is 0 Å². The summed E-state index contributed by atoms with van der Waals surface area (Å²) in [6.45, 7) is 4.07. The van der Waals surface area contributed by atoms with Gasteiger partial charge in [-0.1, -0.05) is 25.4 Å². The number of carbonyl (C=O) groups excluding carboxylic acids is 1. The Hall–Kier alpha value is -1.06. The highest BCUT2D eigenvalue weighted by atomic mass is 35.5. The van der Waals surface area contributed by atoms with Crippen molar-refractivity contribution < 1.29 is 4.79 Å². The lowest BCUT2D eigenvalue weighted by molar-refractivity contribution is -0.117. The molecule has 4 heteroatoms. The van der Waals surface area contributed by atoms with Gasteiger partial charge in [0.1, 0.15) is 0 Å². The molecule has 3 nitrogen and oxygen atoms in total. The largest absolute Gasteiger partial charge is 0.325 e.